The number of aliphatic imine (C=N–C) groups is 1. The number of amides is 1. The van der Waals surface area contributed by atoms with E-state index in [9.17, 15) is 9.59 Å². The number of hydrogen-bond acceptors (Lipinski definition) is 5. The number of carbonyl (C=O) groups is 2. The number of hydrogen-bond donors (Lipinski definition) is 0. The topological polar surface area (TPSA) is 68.2 Å². The molecular formula is C25H36N2O4. The third-order valence-electron chi connectivity index (χ3n) is 6.17. The summed E-state index contributed by atoms with van der Waals surface area (Å²) in [7, 11) is 0. The Morgan fingerprint density at radius 2 is 1.81 bits per heavy atom. The van der Waals surface area contributed by atoms with Gasteiger partial charge in [0.25, 0.3) is 5.91 Å². The number of esters is 1. The number of ether oxygens (including phenoxy) is 2. The third kappa shape index (κ3) is 5.28. The van der Waals surface area contributed by atoms with E-state index in [1.54, 1.807) is 20.8 Å². The molecule has 0 atom stereocenters. The van der Waals surface area contributed by atoms with Crippen LogP contribution >= 0.6 is 0 Å². The van der Waals surface area contributed by atoms with Crippen molar-refractivity contribution in [2.75, 3.05) is 13.2 Å². The highest BCUT2D eigenvalue weighted by Gasteiger charge is 2.49. The molecule has 170 valence electrons. The molecule has 6 heteroatoms. The molecule has 1 heterocycles. The fraction of sp³-hybridized carbons (Fsp3) is 0.640. The smallest absolute Gasteiger partial charge is 0.349 e. The zero-order chi connectivity index (χ0) is 22.5. The zero-order valence-electron chi connectivity index (χ0n) is 19.4. The number of unbranched alkanes of at least 4 members (excludes halogenated alkanes) is 1. The molecule has 1 aliphatic carbocycles. The molecule has 1 aromatic carbocycles. The van der Waals surface area contributed by atoms with Crippen molar-refractivity contribution in [1.29, 1.82) is 0 Å². The van der Waals surface area contributed by atoms with Crippen LogP contribution in [0.25, 0.3) is 0 Å². The second-order valence-corrected chi connectivity index (χ2v) is 9.05. The van der Waals surface area contributed by atoms with Crippen molar-refractivity contribution in [3.63, 3.8) is 0 Å². The summed E-state index contributed by atoms with van der Waals surface area (Å²) >= 11 is 0. The molecule has 31 heavy (non-hydrogen) atoms. The maximum Gasteiger partial charge on any atom is 0.349 e. The van der Waals surface area contributed by atoms with Gasteiger partial charge < -0.3 is 9.47 Å². The first-order valence-electron chi connectivity index (χ1n) is 11.7. The van der Waals surface area contributed by atoms with Crippen LogP contribution in [0.1, 0.15) is 78.2 Å². The lowest BCUT2D eigenvalue weighted by Crippen LogP contribution is -2.42. The standard InChI is InChI=1S/C25H36N2O4/c1-5-7-10-21-26-25(16-8-9-17-25)22(28)27(21)18-15-19-11-13-20(14-12-19)31-24(3,4)23(29)30-6-2/h11-14H,5-10,15-18H2,1-4H3. The molecule has 6 nitrogen and oxygen atoms in total. The second kappa shape index (κ2) is 9.84. The Balaban J connectivity index is 1.62. The van der Waals surface area contributed by atoms with E-state index in [0.29, 0.717) is 18.9 Å². The molecule has 1 spiro atoms. The largest absolute Gasteiger partial charge is 0.476 e. The summed E-state index contributed by atoms with van der Waals surface area (Å²) in [4.78, 5) is 32.1. The van der Waals surface area contributed by atoms with Crippen LogP contribution in [-0.4, -0.2) is 46.9 Å². The van der Waals surface area contributed by atoms with Gasteiger partial charge in [-0.1, -0.05) is 38.3 Å². The zero-order valence-corrected chi connectivity index (χ0v) is 19.4. The van der Waals surface area contributed by atoms with E-state index in [1.165, 1.54) is 0 Å². The van der Waals surface area contributed by atoms with Crippen LogP contribution in [0.5, 0.6) is 5.75 Å². The highest BCUT2D eigenvalue weighted by Crippen LogP contribution is 2.39. The molecule has 0 N–H and O–H groups in total. The molecule has 0 unspecified atom stereocenters. The second-order valence-electron chi connectivity index (χ2n) is 9.05. The van der Waals surface area contributed by atoms with Crippen LogP contribution in [-0.2, 0) is 20.7 Å². The average Bonchev–Trinajstić information content (AvgIpc) is 3.32. The predicted octanol–water partition coefficient (Wildman–Crippen LogP) is 4.69. The molecular weight excluding hydrogens is 392 g/mol. The number of rotatable bonds is 10. The molecule has 0 aromatic heterocycles. The van der Waals surface area contributed by atoms with Crippen molar-refractivity contribution in [2.45, 2.75) is 90.2 Å². The van der Waals surface area contributed by atoms with Gasteiger partial charge in [-0.15, -0.1) is 0 Å². The van der Waals surface area contributed by atoms with E-state index in [0.717, 1.165) is 62.8 Å². The van der Waals surface area contributed by atoms with Crippen molar-refractivity contribution >= 4 is 17.7 Å². The summed E-state index contributed by atoms with van der Waals surface area (Å²) < 4.78 is 10.9. The minimum absolute atomic E-state index is 0.201. The predicted molar refractivity (Wildman–Crippen MR) is 121 cm³/mol. The molecule has 1 saturated carbocycles. The quantitative estimate of drug-likeness (QED) is 0.507. The van der Waals surface area contributed by atoms with Gasteiger partial charge in [0.1, 0.15) is 17.1 Å². The SMILES string of the molecule is CCCCC1=NC2(CCCC2)C(=O)N1CCc1ccc(OC(C)(C)C(=O)OCC)cc1. The van der Waals surface area contributed by atoms with Crippen LogP contribution < -0.4 is 4.74 Å². The Kier molecular flexibility index (Phi) is 7.39. The summed E-state index contributed by atoms with van der Waals surface area (Å²) in [6.45, 7) is 8.32. The molecule has 0 saturated heterocycles. The molecule has 0 radical (unpaired) electrons. The van der Waals surface area contributed by atoms with E-state index >= 15 is 0 Å². The van der Waals surface area contributed by atoms with Gasteiger partial charge in [-0.25, -0.2) is 4.79 Å². The first-order chi connectivity index (χ1) is 14.8. The first-order valence-corrected chi connectivity index (χ1v) is 11.7. The summed E-state index contributed by atoms with van der Waals surface area (Å²) in [6, 6.07) is 7.72. The lowest BCUT2D eigenvalue weighted by molar-refractivity contribution is -0.158. The summed E-state index contributed by atoms with van der Waals surface area (Å²) in [5.41, 5.74) is -0.393. The number of nitrogens with zero attached hydrogens (tertiary/aromatic N) is 2. The molecule has 1 aliphatic heterocycles. The molecule has 0 bridgehead atoms. The van der Waals surface area contributed by atoms with Crippen LogP contribution in [0.2, 0.25) is 0 Å². The minimum Gasteiger partial charge on any atom is -0.476 e. The van der Waals surface area contributed by atoms with Crippen molar-refractivity contribution in [3.8, 4) is 5.75 Å². The summed E-state index contributed by atoms with van der Waals surface area (Å²) in [5.74, 6) is 1.41. The lowest BCUT2D eigenvalue weighted by atomic mass is 9.98. The molecule has 1 aromatic rings. The van der Waals surface area contributed by atoms with Gasteiger partial charge in [0, 0.05) is 13.0 Å². The number of amidine groups is 1. The van der Waals surface area contributed by atoms with Gasteiger partial charge in [-0.05, 0) is 64.2 Å². The van der Waals surface area contributed by atoms with E-state index in [2.05, 4.69) is 6.92 Å². The molecule has 1 fully saturated rings. The normalized spacial score (nSPS) is 17.9. The fourth-order valence-corrected chi connectivity index (χ4v) is 4.37. The Morgan fingerprint density at radius 1 is 1.13 bits per heavy atom. The van der Waals surface area contributed by atoms with Crippen molar-refractivity contribution < 1.29 is 19.1 Å². The van der Waals surface area contributed by atoms with Gasteiger partial charge in [0.2, 0.25) is 0 Å². The van der Waals surface area contributed by atoms with E-state index < -0.39 is 11.1 Å². The highest BCUT2D eigenvalue weighted by molar-refractivity contribution is 6.08. The average molecular weight is 429 g/mol. The van der Waals surface area contributed by atoms with Crippen molar-refractivity contribution in [1.82, 2.24) is 4.90 Å². The van der Waals surface area contributed by atoms with Gasteiger partial charge in [0.15, 0.2) is 5.60 Å². The van der Waals surface area contributed by atoms with E-state index in [1.807, 2.05) is 29.2 Å². The first kappa shape index (κ1) is 23.3. The van der Waals surface area contributed by atoms with Gasteiger partial charge in [-0.3, -0.25) is 14.7 Å². The van der Waals surface area contributed by atoms with Gasteiger partial charge in [-0.2, -0.15) is 0 Å². The van der Waals surface area contributed by atoms with E-state index in [-0.39, 0.29) is 11.9 Å². The highest BCUT2D eigenvalue weighted by atomic mass is 16.6. The maximum atomic E-state index is 13.2. The van der Waals surface area contributed by atoms with Crippen molar-refractivity contribution in [2.24, 2.45) is 4.99 Å². The third-order valence-corrected chi connectivity index (χ3v) is 6.17. The molecule has 1 amide bonds. The summed E-state index contributed by atoms with van der Waals surface area (Å²) in [6.07, 6.45) is 7.74. The monoisotopic (exact) mass is 428 g/mol. The number of carbonyl (C=O) groups excluding carboxylic acids is 2. The molecule has 2 aliphatic rings. The Bertz CT molecular complexity index is 807. The Labute approximate surface area is 186 Å². The number of benzene rings is 1. The van der Waals surface area contributed by atoms with Crippen LogP contribution in [0, 0.1) is 0 Å². The van der Waals surface area contributed by atoms with Crippen molar-refractivity contribution in [3.05, 3.63) is 29.8 Å². The maximum absolute atomic E-state index is 13.2. The Hall–Kier alpha value is -2.37. The fourth-order valence-electron chi connectivity index (χ4n) is 4.37. The van der Waals surface area contributed by atoms with Crippen LogP contribution in [0.3, 0.4) is 0 Å². The van der Waals surface area contributed by atoms with Gasteiger partial charge in [0.05, 0.1) is 6.61 Å². The molecule has 3 rings (SSSR count). The minimum atomic E-state index is -1.04. The van der Waals surface area contributed by atoms with Crippen LogP contribution in [0.4, 0.5) is 0 Å². The van der Waals surface area contributed by atoms with Gasteiger partial charge >= 0.3 is 5.97 Å². The van der Waals surface area contributed by atoms with E-state index in [4.69, 9.17) is 14.5 Å². The summed E-state index contributed by atoms with van der Waals surface area (Å²) in [5, 5.41) is 0. The Morgan fingerprint density at radius 3 is 2.42 bits per heavy atom. The van der Waals surface area contributed by atoms with Crippen LogP contribution in [0.15, 0.2) is 29.3 Å². The lowest BCUT2D eigenvalue weighted by Gasteiger charge is -2.24.